The van der Waals surface area contributed by atoms with Crippen LogP contribution in [0.15, 0.2) is 29.3 Å². The number of pyridine rings is 1. The van der Waals surface area contributed by atoms with Gasteiger partial charge in [-0.25, -0.2) is 13.1 Å². The van der Waals surface area contributed by atoms with Gasteiger partial charge in [-0.05, 0) is 26.1 Å². The van der Waals surface area contributed by atoms with Crippen LogP contribution in [0.5, 0.6) is 0 Å². The number of aromatic amines is 1. The Hall–Kier alpha value is -1.77. The SMILES string of the molecule is CNCc1n[nH]c(C)c1S(=O)(=O)NCCc1ccccn1. The van der Waals surface area contributed by atoms with Gasteiger partial charge in [0.05, 0.1) is 11.4 Å². The number of rotatable bonds is 7. The number of nitrogens with zero attached hydrogens (tertiary/aromatic N) is 2. The number of hydrogen-bond acceptors (Lipinski definition) is 5. The van der Waals surface area contributed by atoms with E-state index in [2.05, 4.69) is 25.2 Å². The summed E-state index contributed by atoms with van der Waals surface area (Å²) in [6.07, 6.45) is 2.23. The molecular formula is C13H19N5O2S. The summed E-state index contributed by atoms with van der Waals surface area (Å²) in [5.41, 5.74) is 1.87. The minimum Gasteiger partial charge on any atom is -0.314 e. The zero-order valence-electron chi connectivity index (χ0n) is 12.0. The maximum absolute atomic E-state index is 12.4. The third-order valence-corrected chi connectivity index (χ3v) is 4.64. The smallest absolute Gasteiger partial charge is 0.244 e. The van der Waals surface area contributed by atoms with E-state index in [0.29, 0.717) is 30.9 Å². The average Bonchev–Trinajstić information content (AvgIpc) is 2.82. The van der Waals surface area contributed by atoms with Crippen LogP contribution in [0, 0.1) is 6.92 Å². The van der Waals surface area contributed by atoms with Crippen LogP contribution in [0.2, 0.25) is 0 Å². The molecule has 0 spiro atoms. The molecule has 3 N–H and O–H groups in total. The van der Waals surface area contributed by atoms with Crippen LogP contribution in [0.4, 0.5) is 0 Å². The van der Waals surface area contributed by atoms with E-state index in [4.69, 9.17) is 0 Å². The lowest BCUT2D eigenvalue weighted by Crippen LogP contribution is -2.27. The summed E-state index contributed by atoms with van der Waals surface area (Å²) in [5, 5.41) is 9.64. The number of H-pyrrole nitrogens is 1. The standard InChI is InChI=1S/C13H19N5O2S/c1-10-13(12(9-14-2)18-17-10)21(19,20)16-8-6-11-5-3-4-7-15-11/h3-5,7,14,16H,6,8-9H2,1-2H3,(H,17,18). The van der Waals surface area contributed by atoms with Crippen LogP contribution in [0.1, 0.15) is 17.1 Å². The van der Waals surface area contributed by atoms with E-state index in [-0.39, 0.29) is 4.90 Å². The number of sulfonamides is 1. The molecule has 2 heterocycles. The number of aromatic nitrogens is 3. The predicted octanol–water partition coefficient (Wildman–Crippen LogP) is 0.354. The minimum atomic E-state index is -3.58. The highest BCUT2D eigenvalue weighted by atomic mass is 32.2. The molecule has 0 fully saturated rings. The van der Waals surface area contributed by atoms with Crippen LogP contribution in [0.25, 0.3) is 0 Å². The number of hydrogen-bond donors (Lipinski definition) is 3. The van der Waals surface area contributed by atoms with E-state index in [1.807, 2.05) is 18.2 Å². The van der Waals surface area contributed by atoms with Crippen LogP contribution < -0.4 is 10.0 Å². The lowest BCUT2D eigenvalue weighted by Gasteiger charge is -2.07. The Bertz CT molecular complexity index is 682. The average molecular weight is 309 g/mol. The van der Waals surface area contributed by atoms with E-state index in [0.717, 1.165) is 5.69 Å². The fourth-order valence-corrected chi connectivity index (χ4v) is 3.44. The molecule has 8 heteroatoms. The topological polar surface area (TPSA) is 99.8 Å². The summed E-state index contributed by atoms with van der Waals surface area (Å²) in [4.78, 5) is 4.38. The van der Waals surface area contributed by atoms with Gasteiger partial charge in [-0.3, -0.25) is 10.1 Å². The highest BCUT2D eigenvalue weighted by Crippen LogP contribution is 2.17. The first kappa shape index (κ1) is 15.6. The summed E-state index contributed by atoms with van der Waals surface area (Å²) in [7, 11) is -1.84. The Morgan fingerprint density at radius 2 is 2.14 bits per heavy atom. The first-order chi connectivity index (χ1) is 10.0. The Balaban J connectivity index is 2.07. The maximum atomic E-state index is 12.4. The first-order valence-electron chi connectivity index (χ1n) is 6.62. The predicted molar refractivity (Wildman–Crippen MR) is 79.2 cm³/mol. The van der Waals surface area contributed by atoms with Crippen LogP contribution in [-0.2, 0) is 23.0 Å². The third kappa shape index (κ3) is 3.87. The lowest BCUT2D eigenvalue weighted by atomic mass is 10.3. The maximum Gasteiger partial charge on any atom is 0.244 e. The molecule has 21 heavy (non-hydrogen) atoms. The fourth-order valence-electron chi connectivity index (χ4n) is 2.04. The second-order valence-electron chi connectivity index (χ2n) is 4.62. The summed E-state index contributed by atoms with van der Waals surface area (Å²) in [6.45, 7) is 2.38. The molecule has 0 amide bonds. The molecule has 0 saturated carbocycles. The lowest BCUT2D eigenvalue weighted by molar-refractivity contribution is 0.578. The quantitative estimate of drug-likeness (QED) is 0.685. The van der Waals surface area contributed by atoms with Crippen molar-refractivity contribution >= 4 is 10.0 Å². The molecule has 0 aromatic carbocycles. The zero-order chi connectivity index (χ0) is 15.3. The van der Waals surface area contributed by atoms with Gasteiger partial charge in [0.2, 0.25) is 10.0 Å². The molecule has 7 nitrogen and oxygen atoms in total. The molecule has 114 valence electrons. The highest BCUT2D eigenvalue weighted by molar-refractivity contribution is 7.89. The van der Waals surface area contributed by atoms with E-state index in [1.165, 1.54) is 0 Å². The molecule has 2 rings (SSSR count). The monoisotopic (exact) mass is 309 g/mol. The number of aryl methyl sites for hydroxylation is 1. The van der Waals surface area contributed by atoms with Crippen molar-refractivity contribution in [1.82, 2.24) is 25.2 Å². The zero-order valence-corrected chi connectivity index (χ0v) is 12.9. The largest absolute Gasteiger partial charge is 0.314 e. The van der Waals surface area contributed by atoms with Gasteiger partial charge in [0.25, 0.3) is 0 Å². The molecule has 0 aliphatic rings. The Morgan fingerprint density at radius 3 is 2.81 bits per heavy atom. The van der Waals surface area contributed by atoms with E-state index >= 15 is 0 Å². The van der Waals surface area contributed by atoms with Crippen molar-refractivity contribution in [3.63, 3.8) is 0 Å². The van der Waals surface area contributed by atoms with Gasteiger partial charge < -0.3 is 5.32 Å². The Kier molecular flexibility index (Phi) is 5.05. The second kappa shape index (κ2) is 6.79. The highest BCUT2D eigenvalue weighted by Gasteiger charge is 2.23. The minimum absolute atomic E-state index is 0.220. The molecule has 2 aromatic heterocycles. The molecule has 0 bridgehead atoms. The number of nitrogens with one attached hydrogen (secondary N) is 3. The summed E-state index contributed by atoms with van der Waals surface area (Å²) in [5.74, 6) is 0. The van der Waals surface area contributed by atoms with Crippen molar-refractivity contribution in [3.8, 4) is 0 Å². The van der Waals surface area contributed by atoms with Gasteiger partial charge in [-0.15, -0.1) is 0 Å². The molecule has 0 unspecified atom stereocenters. The third-order valence-electron chi connectivity index (χ3n) is 2.97. The normalized spacial score (nSPS) is 11.7. The second-order valence-corrected chi connectivity index (χ2v) is 6.33. The van der Waals surface area contributed by atoms with Crippen molar-refractivity contribution in [2.24, 2.45) is 0 Å². The van der Waals surface area contributed by atoms with Gasteiger partial charge in [0, 0.05) is 31.4 Å². The van der Waals surface area contributed by atoms with Crippen LogP contribution >= 0.6 is 0 Å². The summed E-state index contributed by atoms with van der Waals surface area (Å²) < 4.78 is 27.4. The molecular weight excluding hydrogens is 290 g/mol. The van der Waals surface area contributed by atoms with Crippen LogP contribution in [0.3, 0.4) is 0 Å². The molecule has 0 radical (unpaired) electrons. The van der Waals surface area contributed by atoms with Gasteiger partial charge >= 0.3 is 0 Å². The van der Waals surface area contributed by atoms with Crippen molar-refractivity contribution in [2.45, 2.75) is 24.8 Å². The fraction of sp³-hybridized carbons (Fsp3) is 0.385. The Morgan fingerprint density at radius 1 is 1.33 bits per heavy atom. The van der Waals surface area contributed by atoms with Crippen molar-refractivity contribution < 1.29 is 8.42 Å². The Labute approximate surface area is 124 Å². The van der Waals surface area contributed by atoms with Crippen LogP contribution in [-0.4, -0.2) is 37.2 Å². The van der Waals surface area contributed by atoms with Crippen molar-refractivity contribution in [1.29, 1.82) is 0 Å². The molecule has 0 aliphatic heterocycles. The van der Waals surface area contributed by atoms with Gasteiger partial charge in [0.15, 0.2) is 0 Å². The molecule has 0 aliphatic carbocycles. The van der Waals surface area contributed by atoms with Crippen molar-refractivity contribution in [2.75, 3.05) is 13.6 Å². The molecule has 0 atom stereocenters. The molecule has 2 aromatic rings. The van der Waals surface area contributed by atoms with E-state index < -0.39 is 10.0 Å². The van der Waals surface area contributed by atoms with E-state index in [9.17, 15) is 8.42 Å². The summed E-state index contributed by atoms with van der Waals surface area (Å²) >= 11 is 0. The van der Waals surface area contributed by atoms with Gasteiger partial charge in [0.1, 0.15) is 4.90 Å². The summed E-state index contributed by atoms with van der Waals surface area (Å²) in [6, 6.07) is 5.57. The molecule has 0 saturated heterocycles. The van der Waals surface area contributed by atoms with Crippen molar-refractivity contribution in [3.05, 3.63) is 41.5 Å². The van der Waals surface area contributed by atoms with Gasteiger partial charge in [-0.1, -0.05) is 6.07 Å². The van der Waals surface area contributed by atoms with Gasteiger partial charge in [-0.2, -0.15) is 5.10 Å². The van der Waals surface area contributed by atoms with E-state index in [1.54, 1.807) is 20.2 Å². The first-order valence-corrected chi connectivity index (χ1v) is 8.11.